The number of nitrogen functional groups attached to an aromatic ring is 1. The van der Waals surface area contributed by atoms with Gasteiger partial charge in [-0.05, 0) is 18.9 Å². The number of alkyl halides is 2. The van der Waals surface area contributed by atoms with Gasteiger partial charge in [0.25, 0.3) is 6.43 Å². The van der Waals surface area contributed by atoms with Crippen LogP contribution in [-0.2, 0) is 19.4 Å². The third-order valence-electron chi connectivity index (χ3n) is 2.55. The topological polar surface area (TPSA) is 85.4 Å². The minimum absolute atomic E-state index is 0.204. The quantitative estimate of drug-likeness (QED) is 0.833. The van der Waals surface area contributed by atoms with Crippen LogP contribution >= 0.6 is 0 Å². The summed E-state index contributed by atoms with van der Waals surface area (Å²) in [6, 6.07) is 0. The first-order valence-corrected chi connectivity index (χ1v) is 5.52. The second-order valence-electron chi connectivity index (χ2n) is 3.99. The normalized spacial score (nSPS) is 11.3. The van der Waals surface area contributed by atoms with E-state index in [2.05, 4.69) is 20.3 Å². The largest absolute Gasteiger partial charge is 0.367 e. The van der Waals surface area contributed by atoms with Gasteiger partial charge in [-0.25, -0.2) is 8.78 Å². The molecule has 0 unspecified atom stereocenters. The molecular weight excluding hydrogens is 242 g/mol. The molecule has 0 amide bonds. The number of H-pyrrole nitrogens is 1. The summed E-state index contributed by atoms with van der Waals surface area (Å²) in [5.74, 6) is 0.878. The molecule has 2 aromatic heterocycles. The van der Waals surface area contributed by atoms with Gasteiger partial charge in [0.05, 0.1) is 5.69 Å². The summed E-state index contributed by atoms with van der Waals surface area (Å²) < 4.78 is 25.7. The van der Waals surface area contributed by atoms with Crippen LogP contribution in [0.3, 0.4) is 0 Å². The number of anilines is 1. The summed E-state index contributed by atoms with van der Waals surface area (Å²) in [5.41, 5.74) is 7.06. The first kappa shape index (κ1) is 12.5. The molecule has 18 heavy (non-hydrogen) atoms. The average molecular weight is 256 g/mol. The molecule has 0 aliphatic rings. The van der Waals surface area contributed by atoms with Gasteiger partial charge in [0.2, 0.25) is 5.95 Å². The highest BCUT2D eigenvalue weighted by atomic mass is 19.3. The Kier molecular flexibility index (Phi) is 3.54. The molecule has 2 rings (SSSR count). The van der Waals surface area contributed by atoms with Gasteiger partial charge in [0.15, 0.2) is 0 Å². The molecule has 0 atom stereocenters. The van der Waals surface area contributed by atoms with Crippen molar-refractivity contribution in [1.29, 1.82) is 0 Å². The lowest BCUT2D eigenvalue weighted by molar-refractivity contribution is 0.121. The Bertz CT molecular complexity index is 518. The molecule has 2 heterocycles. The van der Waals surface area contributed by atoms with Gasteiger partial charge in [-0.2, -0.15) is 10.1 Å². The summed E-state index contributed by atoms with van der Waals surface area (Å²) >= 11 is 0. The molecule has 2 aromatic rings. The standard InChI is InChI=1S/C10H14F2N6/c1-6-7(4-18(17-6)5-8(11)12)2-3-9-14-10(13)16-15-9/h4,8H,2-3,5H2,1H3,(H3,13,14,15,16). The first-order valence-electron chi connectivity index (χ1n) is 5.52. The number of aryl methyl sites for hydroxylation is 3. The Morgan fingerprint density at radius 3 is 2.83 bits per heavy atom. The van der Waals surface area contributed by atoms with E-state index in [9.17, 15) is 8.78 Å². The van der Waals surface area contributed by atoms with E-state index in [0.717, 1.165) is 11.3 Å². The monoisotopic (exact) mass is 256 g/mol. The lowest BCUT2D eigenvalue weighted by atomic mass is 10.1. The maximum absolute atomic E-state index is 12.2. The summed E-state index contributed by atoms with van der Waals surface area (Å²) in [7, 11) is 0. The Morgan fingerprint density at radius 2 is 2.22 bits per heavy atom. The second-order valence-corrected chi connectivity index (χ2v) is 3.99. The summed E-state index contributed by atoms with van der Waals surface area (Å²) in [6.07, 6.45) is 0.516. The van der Waals surface area contributed by atoms with Crippen LogP contribution in [0.4, 0.5) is 14.7 Å². The van der Waals surface area contributed by atoms with E-state index >= 15 is 0 Å². The predicted octanol–water partition coefficient (Wildman–Crippen LogP) is 0.942. The van der Waals surface area contributed by atoms with Crippen LogP contribution in [0.1, 0.15) is 17.1 Å². The molecule has 6 nitrogen and oxygen atoms in total. The highest BCUT2D eigenvalue weighted by Crippen LogP contribution is 2.10. The SMILES string of the molecule is Cc1nn(CC(F)F)cc1CCc1nc(N)n[nH]1. The summed E-state index contributed by atoms with van der Waals surface area (Å²) in [6.45, 7) is 1.42. The van der Waals surface area contributed by atoms with Gasteiger partial charge < -0.3 is 5.73 Å². The van der Waals surface area contributed by atoms with Crippen molar-refractivity contribution >= 4 is 5.95 Å². The number of nitrogens with zero attached hydrogens (tertiary/aromatic N) is 4. The molecule has 0 fully saturated rings. The van der Waals surface area contributed by atoms with Crippen molar-refractivity contribution in [2.75, 3.05) is 5.73 Å². The minimum atomic E-state index is -2.40. The fraction of sp³-hybridized carbons (Fsp3) is 0.500. The third kappa shape index (κ3) is 3.02. The summed E-state index contributed by atoms with van der Waals surface area (Å²) in [4.78, 5) is 3.97. The molecular formula is C10H14F2N6. The molecule has 0 aliphatic heterocycles. The Balaban J connectivity index is 1.98. The third-order valence-corrected chi connectivity index (χ3v) is 2.55. The first-order chi connectivity index (χ1) is 8.54. The smallest absolute Gasteiger partial charge is 0.257 e. The van der Waals surface area contributed by atoms with E-state index in [4.69, 9.17) is 5.73 Å². The van der Waals surface area contributed by atoms with Crippen LogP contribution in [0.25, 0.3) is 0 Å². The van der Waals surface area contributed by atoms with Crippen LogP contribution in [0.5, 0.6) is 0 Å². The molecule has 0 spiro atoms. The number of halogens is 2. The van der Waals surface area contributed by atoms with E-state index in [-0.39, 0.29) is 12.5 Å². The Morgan fingerprint density at radius 1 is 1.44 bits per heavy atom. The number of nitrogens with one attached hydrogen (secondary N) is 1. The van der Waals surface area contributed by atoms with Crippen LogP contribution in [0.15, 0.2) is 6.20 Å². The highest BCUT2D eigenvalue weighted by molar-refractivity contribution is 5.18. The van der Waals surface area contributed by atoms with Crippen LogP contribution < -0.4 is 5.73 Å². The van der Waals surface area contributed by atoms with E-state index in [1.54, 1.807) is 13.1 Å². The molecule has 0 radical (unpaired) electrons. The lowest BCUT2D eigenvalue weighted by Crippen LogP contribution is -2.06. The second kappa shape index (κ2) is 5.11. The highest BCUT2D eigenvalue weighted by Gasteiger charge is 2.10. The number of aromatic nitrogens is 5. The molecule has 0 saturated carbocycles. The van der Waals surface area contributed by atoms with Gasteiger partial charge in [-0.15, -0.1) is 5.10 Å². The number of aromatic amines is 1. The molecule has 0 aromatic carbocycles. The van der Waals surface area contributed by atoms with Gasteiger partial charge in [-0.3, -0.25) is 9.78 Å². The van der Waals surface area contributed by atoms with Crippen molar-refractivity contribution in [1.82, 2.24) is 25.0 Å². The Labute approximate surface area is 102 Å². The van der Waals surface area contributed by atoms with Crippen molar-refractivity contribution in [2.24, 2.45) is 0 Å². The fourth-order valence-electron chi connectivity index (χ4n) is 1.71. The molecule has 3 N–H and O–H groups in total. The van der Waals surface area contributed by atoms with Crippen LogP contribution in [0, 0.1) is 6.92 Å². The van der Waals surface area contributed by atoms with Gasteiger partial charge in [-0.1, -0.05) is 0 Å². The molecule has 0 saturated heterocycles. The number of nitrogens with two attached hydrogens (primary N) is 1. The van der Waals surface area contributed by atoms with Crippen LogP contribution in [-0.4, -0.2) is 31.4 Å². The van der Waals surface area contributed by atoms with E-state index in [0.29, 0.717) is 18.7 Å². The van der Waals surface area contributed by atoms with Crippen molar-refractivity contribution in [2.45, 2.75) is 32.7 Å². The number of hydrogen-bond acceptors (Lipinski definition) is 4. The van der Waals surface area contributed by atoms with E-state index in [1.165, 1.54) is 4.68 Å². The molecule has 0 bridgehead atoms. The van der Waals surface area contributed by atoms with Crippen LogP contribution in [0.2, 0.25) is 0 Å². The lowest BCUT2D eigenvalue weighted by Gasteiger charge is -1.98. The minimum Gasteiger partial charge on any atom is -0.367 e. The zero-order valence-electron chi connectivity index (χ0n) is 9.90. The predicted molar refractivity (Wildman–Crippen MR) is 61.2 cm³/mol. The zero-order chi connectivity index (χ0) is 13.1. The number of rotatable bonds is 5. The maximum atomic E-state index is 12.2. The van der Waals surface area contributed by atoms with Gasteiger partial charge in [0, 0.05) is 12.6 Å². The zero-order valence-corrected chi connectivity index (χ0v) is 9.90. The Hall–Kier alpha value is -1.99. The van der Waals surface area contributed by atoms with Crippen molar-refractivity contribution < 1.29 is 8.78 Å². The van der Waals surface area contributed by atoms with E-state index < -0.39 is 6.43 Å². The number of hydrogen-bond donors (Lipinski definition) is 2. The molecule has 98 valence electrons. The summed E-state index contributed by atoms with van der Waals surface area (Å²) in [5, 5.41) is 10.5. The fourth-order valence-corrected chi connectivity index (χ4v) is 1.71. The molecule has 8 heteroatoms. The van der Waals surface area contributed by atoms with E-state index in [1.807, 2.05) is 0 Å². The van der Waals surface area contributed by atoms with Gasteiger partial charge in [0.1, 0.15) is 12.4 Å². The van der Waals surface area contributed by atoms with Crippen molar-refractivity contribution in [3.05, 3.63) is 23.3 Å². The van der Waals surface area contributed by atoms with Gasteiger partial charge >= 0.3 is 0 Å². The maximum Gasteiger partial charge on any atom is 0.257 e. The van der Waals surface area contributed by atoms with Crippen molar-refractivity contribution in [3.63, 3.8) is 0 Å². The van der Waals surface area contributed by atoms with Crippen molar-refractivity contribution in [3.8, 4) is 0 Å². The molecule has 0 aliphatic carbocycles. The average Bonchev–Trinajstić information content (AvgIpc) is 2.82.